The maximum Gasteiger partial charge on any atom is 0.0462 e. The highest BCUT2D eigenvalue weighted by atomic mass is 79.9. The van der Waals surface area contributed by atoms with Gasteiger partial charge in [-0.2, -0.15) is 0 Å². The van der Waals surface area contributed by atoms with E-state index in [-0.39, 0.29) is 6.04 Å². The molecule has 112 valence electrons. The van der Waals surface area contributed by atoms with Gasteiger partial charge in [0.15, 0.2) is 0 Å². The average molecular weight is 347 g/mol. The molecule has 1 fully saturated rings. The van der Waals surface area contributed by atoms with E-state index in [0.717, 1.165) is 16.8 Å². The number of nitrogens with one attached hydrogen (secondary N) is 1. The van der Waals surface area contributed by atoms with Gasteiger partial charge < -0.3 is 0 Å². The molecule has 1 unspecified atom stereocenters. The fourth-order valence-corrected chi connectivity index (χ4v) is 3.89. The van der Waals surface area contributed by atoms with Gasteiger partial charge in [-0.1, -0.05) is 66.2 Å². The third kappa shape index (κ3) is 3.65. The summed E-state index contributed by atoms with van der Waals surface area (Å²) in [6.07, 6.45) is 8.04. The van der Waals surface area contributed by atoms with E-state index in [1.54, 1.807) is 0 Å². The zero-order chi connectivity index (χ0) is 14.7. The molecule has 0 spiro atoms. The first-order valence-corrected chi connectivity index (χ1v) is 8.71. The van der Waals surface area contributed by atoms with Crippen molar-refractivity contribution in [3.63, 3.8) is 0 Å². The molecular weight excluding hydrogens is 324 g/mol. The standard InChI is InChI=1S/C18H23BrN2/c19-17-9-8-14-11-16(7-6-15(14)12-17)18(21-20)10-13-4-2-1-3-5-13/h6-9,11-13,18,21H,1-5,10,20H2. The molecule has 0 heterocycles. The summed E-state index contributed by atoms with van der Waals surface area (Å²) >= 11 is 3.53. The van der Waals surface area contributed by atoms with Gasteiger partial charge in [0.05, 0.1) is 0 Å². The Labute approximate surface area is 135 Å². The second-order valence-electron chi connectivity index (χ2n) is 6.21. The summed E-state index contributed by atoms with van der Waals surface area (Å²) in [6, 6.07) is 13.4. The summed E-state index contributed by atoms with van der Waals surface area (Å²) in [5.74, 6) is 6.65. The highest BCUT2D eigenvalue weighted by molar-refractivity contribution is 9.10. The second-order valence-corrected chi connectivity index (χ2v) is 7.13. The van der Waals surface area contributed by atoms with Crippen LogP contribution in [-0.2, 0) is 0 Å². The molecule has 1 aliphatic rings. The van der Waals surface area contributed by atoms with Crippen molar-refractivity contribution in [2.45, 2.75) is 44.6 Å². The van der Waals surface area contributed by atoms with Crippen molar-refractivity contribution in [1.82, 2.24) is 5.43 Å². The zero-order valence-electron chi connectivity index (χ0n) is 12.3. The van der Waals surface area contributed by atoms with Crippen LogP contribution in [0.5, 0.6) is 0 Å². The van der Waals surface area contributed by atoms with E-state index in [4.69, 9.17) is 5.84 Å². The zero-order valence-corrected chi connectivity index (χ0v) is 13.9. The normalized spacial score (nSPS) is 18.0. The monoisotopic (exact) mass is 346 g/mol. The smallest absolute Gasteiger partial charge is 0.0462 e. The summed E-state index contributed by atoms with van der Waals surface area (Å²) in [7, 11) is 0. The molecule has 0 radical (unpaired) electrons. The summed E-state index contributed by atoms with van der Waals surface area (Å²) in [5.41, 5.74) is 4.34. The summed E-state index contributed by atoms with van der Waals surface area (Å²) in [4.78, 5) is 0. The Morgan fingerprint density at radius 2 is 1.76 bits per heavy atom. The number of rotatable bonds is 4. The molecular formula is C18H23BrN2. The molecule has 0 aliphatic heterocycles. The van der Waals surface area contributed by atoms with Gasteiger partial charge in [-0.15, -0.1) is 0 Å². The van der Waals surface area contributed by atoms with Crippen LogP contribution in [0, 0.1) is 5.92 Å². The molecule has 1 saturated carbocycles. The molecule has 0 amide bonds. The van der Waals surface area contributed by atoms with Gasteiger partial charge in [-0.25, -0.2) is 0 Å². The summed E-state index contributed by atoms with van der Waals surface area (Å²) < 4.78 is 1.12. The molecule has 0 saturated heterocycles. The minimum Gasteiger partial charge on any atom is -0.271 e. The van der Waals surface area contributed by atoms with Crippen LogP contribution < -0.4 is 11.3 Å². The van der Waals surface area contributed by atoms with E-state index < -0.39 is 0 Å². The quantitative estimate of drug-likeness (QED) is 0.598. The van der Waals surface area contributed by atoms with Gasteiger partial charge in [0.2, 0.25) is 0 Å². The van der Waals surface area contributed by atoms with Gasteiger partial charge in [-0.05, 0) is 46.9 Å². The molecule has 1 aliphatic carbocycles. The molecule has 1 atom stereocenters. The van der Waals surface area contributed by atoms with Crippen LogP contribution in [0.3, 0.4) is 0 Å². The van der Waals surface area contributed by atoms with Crippen molar-refractivity contribution in [2.24, 2.45) is 11.8 Å². The number of halogens is 1. The number of hydrogen-bond donors (Lipinski definition) is 2. The number of hydrogen-bond acceptors (Lipinski definition) is 2. The minimum atomic E-state index is 0.265. The Balaban J connectivity index is 1.80. The van der Waals surface area contributed by atoms with Crippen LogP contribution >= 0.6 is 15.9 Å². The SMILES string of the molecule is NNC(CC1CCCCC1)c1ccc2cc(Br)ccc2c1. The van der Waals surface area contributed by atoms with Crippen molar-refractivity contribution < 1.29 is 0 Å². The van der Waals surface area contributed by atoms with Crippen molar-refractivity contribution in [2.75, 3.05) is 0 Å². The number of nitrogens with two attached hydrogens (primary N) is 1. The third-order valence-electron chi connectivity index (χ3n) is 4.72. The number of benzene rings is 2. The van der Waals surface area contributed by atoms with Crippen molar-refractivity contribution >= 4 is 26.7 Å². The maximum absolute atomic E-state index is 5.83. The van der Waals surface area contributed by atoms with Gasteiger partial charge in [-0.3, -0.25) is 11.3 Å². The average Bonchev–Trinajstić information content (AvgIpc) is 2.53. The predicted octanol–water partition coefficient (Wildman–Crippen LogP) is 5.08. The van der Waals surface area contributed by atoms with Crippen molar-refractivity contribution in [1.29, 1.82) is 0 Å². The van der Waals surface area contributed by atoms with Crippen molar-refractivity contribution in [3.8, 4) is 0 Å². The van der Waals surface area contributed by atoms with Crippen LogP contribution in [0.25, 0.3) is 10.8 Å². The van der Waals surface area contributed by atoms with Gasteiger partial charge in [0.1, 0.15) is 0 Å². The first-order valence-electron chi connectivity index (χ1n) is 7.91. The summed E-state index contributed by atoms with van der Waals surface area (Å²) in [5, 5.41) is 2.54. The first-order chi connectivity index (χ1) is 10.3. The fraction of sp³-hybridized carbons (Fsp3) is 0.444. The van der Waals surface area contributed by atoms with Gasteiger partial charge in [0, 0.05) is 10.5 Å². The minimum absolute atomic E-state index is 0.265. The number of hydrazine groups is 1. The Bertz CT molecular complexity index is 605. The van der Waals surface area contributed by atoms with Gasteiger partial charge in [0.25, 0.3) is 0 Å². The van der Waals surface area contributed by atoms with E-state index in [9.17, 15) is 0 Å². The maximum atomic E-state index is 5.83. The molecule has 0 aromatic heterocycles. The van der Waals surface area contributed by atoms with E-state index in [2.05, 4.69) is 57.8 Å². The van der Waals surface area contributed by atoms with Crippen LogP contribution in [0.2, 0.25) is 0 Å². The Morgan fingerprint density at radius 1 is 1.05 bits per heavy atom. The second kappa shape index (κ2) is 6.91. The molecule has 2 nitrogen and oxygen atoms in total. The van der Waals surface area contributed by atoms with E-state index in [0.29, 0.717) is 0 Å². The van der Waals surface area contributed by atoms with Crippen LogP contribution in [-0.4, -0.2) is 0 Å². The van der Waals surface area contributed by atoms with Gasteiger partial charge >= 0.3 is 0 Å². The predicted molar refractivity (Wildman–Crippen MR) is 92.9 cm³/mol. The first kappa shape index (κ1) is 15.0. The van der Waals surface area contributed by atoms with Crippen LogP contribution in [0.15, 0.2) is 40.9 Å². The third-order valence-corrected chi connectivity index (χ3v) is 5.22. The lowest BCUT2D eigenvalue weighted by Crippen LogP contribution is -2.30. The molecule has 0 bridgehead atoms. The molecule has 21 heavy (non-hydrogen) atoms. The lowest BCUT2D eigenvalue weighted by atomic mass is 9.83. The summed E-state index contributed by atoms with van der Waals surface area (Å²) in [6.45, 7) is 0. The fourth-order valence-electron chi connectivity index (χ4n) is 3.51. The lowest BCUT2D eigenvalue weighted by molar-refractivity contribution is 0.301. The molecule has 3 heteroatoms. The Hall–Kier alpha value is -0.900. The highest BCUT2D eigenvalue weighted by Crippen LogP contribution is 2.32. The number of fused-ring (bicyclic) bond motifs is 1. The van der Waals surface area contributed by atoms with Crippen LogP contribution in [0.4, 0.5) is 0 Å². The Kier molecular flexibility index (Phi) is 4.94. The lowest BCUT2D eigenvalue weighted by Gasteiger charge is -2.26. The van der Waals surface area contributed by atoms with Crippen molar-refractivity contribution in [3.05, 3.63) is 46.4 Å². The highest BCUT2D eigenvalue weighted by Gasteiger charge is 2.19. The molecule has 3 rings (SSSR count). The van der Waals surface area contributed by atoms with Crippen LogP contribution in [0.1, 0.15) is 50.1 Å². The van der Waals surface area contributed by atoms with E-state index in [1.165, 1.54) is 48.4 Å². The largest absolute Gasteiger partial charge is 0.271 e. The molecule has 2 aromatic carbocycles. The van der Waals surface area contributed by atoms with E-state index in [1.807, 2.05) is 0 Å². The molecule has 3 N–H and O–H groups in total. The Morgan fingerprint density at radius 3 is 2.52 bits per heavy atom. The topological polar surface area (TPSA) is 38.0 Å². The van der Waals surface area contributed by atoms with E-state index >= 15 is 0 Å². The molecule has 2 aromatic rings.